The zero-order valence-electron chi connectivity index (χ0n) is 13.0. The van der Waals surface area contributed by atoms with Crippen molar-refractivity contribution in [3.05, 3.63) is 33.4 Å². The summed E-state index contributed by atoms with van der Waals surface area (Å²) in [6, 6.07) is 2.57. The first-order chi connectivity index (χ1) is 10.3. The molecular formula is C14H21N3O4S. The quantitative estimate of drug-likeness (QED) is 0.652. The van der Waals surface area contributed by atoms with Crippen molar-refractivity contribution in [3.63, 3.8) is 0 Å². The van der Waals surface area contributed by atoms with Crippen LogP contribution in [0.3, 0.4) is 0 Å². The number of nitrogens with one attached hydrogen (secondary N) is 1. The lowest BCUT2D eigenvalue weighted by atomic mass is 10.1. The van der Waals surface area contributed by atoms with E-state index in [1.165, 1.54) is 16.4 Å². The predicted molar refractivity (Wildman–Crippen MR) is 83.4 cm³/mol. The fourth-order valence-corrected chi connectivity index (χ4v) is 4.64. The molecule has 2 rings (SSSR count). The molecule has 1 aliphatic heterocycles. The number of hydrogen-bond donors (Lipinski definition) is 1. The van der Waals surface area contributed by atoms with Crippen molar-refractivity contribution >= 4 is 15.7 Å². The Bertz CT molecular complexity index is 688. The van der Waals surface area contributed by atoms with Crippen molar-refractivity contribution in [1.82, 2.24) is 9.62 Å². The van der Waals surface area contributed by atoms with Gasteiger partial charge in [-0.2, -0.15) is 4.31 Å². The zero-order chi connectivity index (χ0) is 16.5. The minimum Gasteiger partial charge on any atom is -0.319 e. The van der Waals surface area contributed by atoms with Crippen molar-refractivity contribution in [2.75, 3.05) is 26.7 Å². The number of hydrogen-bond acceptors (Lipinski definition) is 5. The van der Waals surface area contributed by atoms with E-state index in [1.54, 1.807) is 13.8 Å². The number of aryl methyl sites for hydroxylation is 1. The standard InChI is InChI=1S/C14H21N3O4S/c1-10-6-13(17(18)19)7-14(11(10)2)22(20,21)16-5-4-12(9-16)8-15-3/h6-7,12,15H,4-5,8-9H2,1-3H3. The van der Waals surface area contributed by atoms with Gasteiger partial charge in [0.2, 0.25) is 10.0 Å². The average Bonchev–Trinajstić information content (AvgIpc) is 2.91. The number of nitrogens with zero attached hydrogens (tertiary/aromatic N) is 2. The lowest BCUT2D eigenvalue weighted by Gasteiger charge is -2.19. The number of rotatable bonds is 5. The van der Waals surface area contributed by atoms with E-state index in [0.717, 1.165) is 13.0 Å². The van der Waals surface area contributed by atoms with Crippen molar-refractivity contribution in [2.45, 2.75) is 25.2 Å². The average molecular weight is 327 g/mol. The second kappa shape index (κ2) is 6.31. The number of benzene rings is 1. The van der Waals surface area contributed by atoms with Gasteiger partial charge in [0.05, 0.1) is 9.82 Å². The van der Waals surface area contributed by atoms with E-state index in [9.17, 15) is 18.5 Å². The number of nitro benzene ring substituents is 1. The molecule has 8 heteroatoms. The smallest absolute Gasteiger partial charge is 0.271 e. The van der Waals surface area contributed by atoms with E-state index in [1.807, 2.05) is 7.05 Å². The second-order valence-electron chi connectivity index (χ2n) is 5.72. The summed E-state index contributed by atoms with van der Waals surface area (Å²) in [5.41, 5.74) is 0.995. The maximum absolute atomic E-state index is 12.8. The van der Waals surface area contributed by atoms with E-state index >= 15 is 0 Å². The summed E-state index contributed by atoms with van der Waals surface area (Å²) in [4.78, 5) is 10.5. The highest BCUT2D eigenvalue weighted by molar-refractivity contribution is 7.89. The van der Waals surface area contributed by atoms with Gasteiger partial charge in [0.15, 0.2) is 0 Å². The van der Waals surface area contributed by atoms with Gasteiger partial charge in [0, 0.05) is 25.2 Å². The molecule has 22 heavy (non-hydrogen) atoms. The van der Waals surface area contributed by atoms with E-state index in [2.05, 4.69) is 5.32 Å². The summed E-state index contributed by atoms with van der Waals surface area (Å²) < 4.78 is 27.1. The lowest BCUT2D eigenvalue weighted by molar-refractivity contribution is -0.385. The first-order valence-corrected chi connectivity index (χ1v) is 8.61. The van der Waals surface area contributed by atoms with Gasteiger partial charge in [-0.05, 0) is 50.9 Å². The SMILES string of the molecule is CNCC1CCN(S(=O)(=O)c2cc([N+](=O)[O-])cc(C)c2C)C1. The first kappa shape index (κ1) is 16.9. The van der Waals surface area contributed by atoms with Gasteiger partial charge in [-0.3, -0.25) is 10.1 Å². The van der Waals surface area contributed by atoms with Gasteiger partial charge >= 0.3 is 0 Å². The maximum atomic E-state index is 12.8. The minimum atomic E-state index is -3.70. The summed E-state index contributed by atoms with van der Waals surface area (Å²) in [7, 11) is -1.86. The molecule has 1 heterocycles. The molecule has 0 bridgehead atoms. The lowest BCUT2D eigenvalue weighted by Crippen LogP contribution is -2.31. The highest BCUT2D eigenvalue weighted by Crippen LogP contribution is 2.30. The topological polar surface area (TPSA) is 92.6 Å². The molecule has 0 radical (unpaired) electrons. The van der Waals surface area contributed by atoms with Crippen LogP contribution in [0.2, 0.25) is 0 Å². The normalized spacial score (nSPS) is 19.5. The number of non-ortho nitro benzene ring substituents is 1. The van der Waals surface area contributed by atoms with E-state index in [4.69, 9.17) is 0 Å². The van der Waals surface area contributed by atoms with E-state index < -0.39 is 14.9 Å². The van der Waals surface area contributed by atoms with Crippen LogP contribution in [0.25, 0.3) is 0 Å². The predicted octanol–water partition coefficient (Wildman–Crippen LogP) is 1.44. The monoisotopic (exact) mass is 327 g/mol. The van der Waals surface area contributed by atoms with Crippen LogP contribution >= 0.6 is 0 Å². The second-order valence-corrected chi connectivity index (χ2v) is 7.62. The molecule has 7 nitrogen and oxygen atoms in total. The molecule has 1 aliphatic rings. The van der Waals surface area contributed by atoms with Gasteiger partial charge in [-0.25, -0.2) is 8.42 Å². The van der Waals surface area contributed by atoms with Gasteiger partial charge < -0.3 is 5.32 Å². The molecule has 1 aromatic rings. The molecule has 0 aromatic heterocycles. The van der Waals surface area contributed by atoms with Gasteiger partial charge in [-0.15, -0.1) is 0 Å². The largest absolute Gasteiger partial charge is 0.319 e. The Balaban J connectivity index is 2.40. The Morgan fingerprint density at radius 3 is 2.68 bits per heavy atom. The van der Waals surface area contributed by atoms with Gasteiger partial charge in [-0.1, -0.05) is 0 Å². The van der Waals surface area contributed by atoms with Crippen LogP contribution in [0.4, 0.5) is 5.69 Å². The molecular weight excluding hydrogens is 306 g/mol. The molecule has 1 aromatic carbocycles. The third-order valence-electron chi connectivity index (χ3n) is 4.17. The maximum Gasteiger partial charge on any atom is 0.271 e. The molecule has 1 unspecified atom stereocenters. The Kier molecular flexibility index (Phi) is 4.84. The van der Waals surface area contributed by atoms with Crippen molar-refractivity contribution < 1.29 is 13.3 Å². The summed E-state index contributed by atoms with van der Waals surface area (Å²) in [6.45, 7) is 5.04. The van der Waals surface area contributed by atoms with Crippen LogP contribution < -0.4 is 5.32 Å². The fourth-order valence-electron chi connectivity index (χ4n) is 2.79. The van der Waals surface area contributed by atoms with Crippen LogP contribution in [-0.4, -0.2) is 44.3 Å². The zero-order valence-corrected chi connectivity index (χ0v) is 13.8. The molecule has 1 atom stereocenters. The summed E-state index contributed by atoms with van der Waals surface area (Å²) in [5.74, 6) is 0.278. The van der Waals surface area contributed by atoms with E-state index in [0.29, 0.717) is 24.2 Å². The minimum absolute atomic E-state index is 0.0457. The number of sulfonamides is 1. The fraction of sp³-hybridized carbons (Fsp3) is 0.571. The van der Waals surface area contributed by atoms with Crippen molar-refractivity contribution in [2.24, 2.45) is 5.92 Å². The Morgan fingerprint density at radius 2 is 2.09 bits per heavy atom. The van der Waals surface area contributed by atoms with Crippen LogP contribution in [-0.2, 0) is 10.0 Å². The Hall–Kier alpha value is -1.51. The third kappa shape index (κ3) is 3.13. The van der Waals surface area contributed by atoms with Gasteiger partial charge in [0.25, 0.3) is 5.69 Å². The van der Waals surface area contributed by atoms with Crippen molar-refractivity contribution in [1.29, 1.82) is 0 Å². The van der Waals surface area contributed by atoms with Gasteiger partial charge in [0.1, 0.15) is 0 Å². The Labute approximate surface area is 130 Å². The van der Waals surface area contributed by atoms with Crippen LogP contribution in [0, 0.1) is 29.9 Å². The molecule has 0 aliphatic carbocycles. The summed E-state index contributed by atoms with van der Waals surface area (Å²) >= 11 is 0. The summed E-state index contributed by atoms with van der Waals surface area (Å²) in [6.07, 6.45) is 0.799. The van der Waals surface area contributed by atoms with Crippen LogP contribution in [0.5, 0.6) is 0 Å². The van der Waals surface area contributed by atoms with Crippen molar-refractivity contribution in [3.8, 4) is 0 Å². The first-order valence-electron chi connectivity index (χ1n) is 7.17. The third-order valence-corrected chi connectivity index (χ3v) is 6.17. The highest BCUT2D eigenvalue weighted by Gasteiger charge is 2.34. The molecule has 0 amide bonds. The Morgan fingerprint density at radius 1 is 1.41 bits per heavy atom. The molecule has 1 N–H and O–H groups in total. The van der Waals surface area contributed by atoms with E-state index in [-0.39, 0.29) is 16.5 Å². The van der Waals surface area contributed by atoms with Crippen LogP contribution in [0.1, 0.15) is 17.5 Å². The summed E-state index contributed by atoms with van der Waals surface area (Å²) in [5, 5.41) is 14.0. The van der Waals surface area contributed by atoms with Crippen LogP contribution in [0.15, 0.2) is 17.0 Å². The number of nitro groups is 1. The molecule has 1 saturated heterocycles. The highest BCUT2D eigenvalue weighted by atomic mass is 32.2. The molecule has 122 valence electrons. The molecule has 0 saturated carbocycles. The molecule has 0 spiro atoms. The molecule has 1 fully saturated rings.